The van der Waals surface area contributed by atoms with Crippen LogP contribution in [0.1, 0.15) is 9.94 Å². The second-order valence-electron chi connectivity index (χ2n) is 10.2. The molecule has 0 amide bonds. The Morgan fingerprint density at radius 2 is 1.15 bits per heavy atom. The van der Waals surface area contributed by atoms with E-state index in [9.17, 15) is 0 Å². The van der Waals surface area contributed by atoms with Gasteiger partial charge in [0.2, 0.25) is 0 Å². The highest BCUT2D eigenvalue weighted by Gasteiger charge is 2.20. The van der Waals surface area contributed by atoms with Crippen molar-refractivity contribution in [2.45, 2.75) is 6.85 Å². The predicted molar refractivity (Wildman–Crippen MR) is 169 cm³/mol. The Hall–Kier alpha value is -5.21. The van der Waals surface area contributed by atoms with E-state index in [1.54, 1.807) is 0 Å². The van der Waals surface area contributed by atoms with Gasteiger partial charge in [0.15, 0.2) is 0 Å². The molecular formula is C38H26N2. The van der Waals surface area contributed by atoms with Gasteiger partial charge in [-0.3, -0.25) is 4.57 Å². The van der Waals surface area contributed by atoms with Gasteiger partial charge >= 0.3 is 0 Å². The summed E-state index contributed by atoms with van der Waals surface area (Å²) >= 11 is 0. The summed E-state index contributed by atoms with van der Waals surface area (Å²) in [6, 6.07) is 47.9. The molecule has 0 aliphatic rings. The molecule has 0 fully saturated rings. The molecule has 188 valence electrons. The third-order valence-electron chi connectivity index (χ3n) is 7.94. The van der Waals surface area contributed by atoms with E-state index in [0.29, 0.717) is 5.52 Å². The first-order chi connectivity index (χ1) is 21.0. The van der Waals surface area contributed by atoms with Crippen molar-refractivity contribution >= 4 is 43.4 Å². The van der Waals surface area contributed by atoms with Gasteiger partial charge in [-0.1, -0.05) is 115 Å². The summed E-state index contributed by atoms with van der Waals surface area (Å²) in [5.74, 6) is 0.0579. The van der Waals surface area contributed by atoms with E-state index in [2.05, 4.69) is 102 Å². The van der Waals surface area contributed by atoms with Crippen LogP contribution in [0.15, 0.2) is 140 Å². The summed E-state index contributed by atoms with van der Waals surface area (Å²) in [6.07, 6.45) is 0. The van der Waals surface area contributed by atoms with Crippen LogP contribution in [0.5, 0.6) is 0 Å². The standard InChI is InChI=1S/C38H26N2/c1-25-39-34-19-9-11-21-36(34)40(25)35-20-10-8-18-33(35)38-31-16-6-4-14-29(31)37(30-15-5-7-17-32(30)38)28-23-22-26-12-2-3-13-27(26)24-28/h2-24H,1H3/i1D3. The molecule has 0 unspecified atom stereocenters. The van der Waals surface area contributed by atoms with Gasteiger partial charge in [0.25, 0.3) is 0 Å². The van der Waals surface area contributed by atoms with Gasteiger partial charge in [-0.15, -0.1) is 0 Å². The van der Waals surface area contributed by atoms with Gasteiger partial charge < -0.3 is 0 Å². The zero-order valence-corrected chi connectivity index (χ0v) is 21.7. The van der Waals surface area contributed by atoms with Crippen molar-refractivity contribution < 1.29 is 4.11 Å². The monoisotopic (exact) mass is 513 g/mol. The minimum atomic E-state index is -2.39. The van der Waals surface area contributed by atoms with Crippen molar-refractivity contribution in [1.82, 2.24) is 9.55 Å². The number of imidazole rings is 1. The highest BCUT2D eigenvalue weighted by atomic mass is 15.1. The maximum atomic E-state index is 8.36. The molecule has 0 N–H and O–H groups in total. The van der Waals surface area contributed by atoms with Gasteiger partial charge in [-0.05, 0) is 80.1 Å². The maximum Gasteiger partial charge on any atom is 0.111 e. The normalized spacial score (nSPS) is 13.1. The zero-order chi connectivity index (χ0) is 29.1. The van der Waals surface area contributed by atoms with E-state index in [0.717, 1.165) is 49.4 Å². The number of aryl methyl sites for hydroxylation is 1. The van der Waals surface area contributed by atoms with Crippen molar-refractivity contribution in [3.63, 3.8) is 0 Å². The number of rotatable bonds is 3. The van der Waals surface area contributed by atoms with E-state index in [-0.39, 0.29) is 5.82 Å². The van der Waals surface area contributed by atoms with Crippen molar-refractivity contribution in [3.8, 4) is 27.9 Å². The second-order valence-corrected chi connectivity index (χ2v) is 10.2. The minimum absolute atomic E-state index is 0.0579. The van der Waals surface area contributed by atoms with Gasteiger partial charge in [-0.2, -0.15) is 0 Å². The molecule has 0 saturated heterocycles. The van der Waals surface area contributed by atoms with Gasteiger partial charge in [0.1, 0.15) is 5.82 Å². The molecule has 2 nitrogen and oxygen atoms in total. The second kappa shape index (κ2) is 8.93. The number of fused-ring (bicyclic) bond motifs is 4. The molecule has 8 aromatic rings. The van der Waals surface area contributed by atoms with Gasteiger partial charge in [0, 0.05) is 9.68 Å². The molecule has 0 aliphatic heterocycles. The van der Waals surface area contributed by atoms with Crippen molar-refractivity contribution in [2.75, 3.05) is 0 Å². The lowest BCUT2D eigenvalue weighted by Gasteiger charge is -2.20. The Morgan fingerprint density at radius 1 is 0.550 bits per heavy atom. The Morgan fingerprint density at radius 3 is 1.90 bits per heavy atom. The quantitative estimate of drug-likeness (QED) is 0.215. The highest BCUT2D eigenvalue weighted by Crippen LogP contribution is 2.45. The lowest BCUT2D eigenvalue weighted by molar-refractivity contribution is 1.00. The first-order valence-electron chi connectivity index (χ1n) is 15.0. The number of nitrogens with zero attached hydrogens (tertiary/aromatic N) is 2. The van der Waals surface area contributed by atoms with Crippen LogP contribution in [0, 0.1) is 6.85 Å². The highest BCUT2D eigenvalue weighted by molar-refractivity contribution is 6.22. The molecule has 0 bridgehead atoms. The smallest absolute Gasteiger partial charge is 0.111 e. The lowest BCUT2D eigenvalue weighted by atomic mass is 9.85. The third kappa shape index (κ3) is 3.40. The fourth-order valence-electron chi connectivity index (χ4n) is 6.22. The number of benzene rings is 7. The molecule has 7 aromatic carbocycles. The molecule has 0 aliphatic carbocycles. The van der Waals surface area contributed by atoms with Crippen LogP contribution < -0.4 is 0 Å². The summed E-state index contributed by atoms with van der Waals surface area (Å²) in [5, 5.41) is 6.92. The van der Waals surface area contributed by atoms with Crippen molar-refractivity contribution in [1.29, 1.82) is 0 Å². The maximum absolute atomic E-state index is 8.36. The molecule has 0 saturated carbocycles. The summed E-state index contributed by atoms with van der Waals surface area (Å²) in [4.78, 5) is 4.60. The molecule has 8 rings (SSSR count). The van der Waals surface area contributed by atoms with Crippen LogP contribution >= 0.6 is 0 Å². The third-order valence-corrected chi connectivity index (χ3v) is 7.94. The fraction of sp³-hybridized carbons (Fsp3) is 0.0263. The van der Waals surface area contributed by atoms with Crippen LogP contribution in [-0.4, -0.2) is 9.55 Å². The predicted octanol–water partition coefficient (Wildman–Crippen LogP) is 10.1. The van der Waals surface area contributed by atoms with Gasteiger partial charge in [-0.25, -0.2) is 4.98 Å². The average Bonchev–Trinajstić information content (AvgIpc) is 3.44. The van der Waals surface area contributed by atoms with E-state index in [4.69, 9.17) is 4.11 Å². The molecule has 1 aromatic heterocycles. The van der Waals surface area contributed by atoms with Gasteiger partial charge in [0.05, 0.1) is 16.7 Å². The van der Waals surface area contributed by atoms with E-state index in [1.165, 1.54) is 16.3 Å². The minimum Gasteiger partial charge on any atom is -0.296 e. The summed E-state index contributed by atoms with van der Waals surface area (Å²) in [5.41, 5.74) is 6.59. The molecule has 0 radical (unpaired) electrons. The molecule has 0 atom stereocenters. The van der Waals surface area contributed by atoms with Crippen LogP contribution in [0.2, 0.25) is 0 Å². The van der Waals surface area contributed by atoms with Crippen LogP contribution in [0.4, 0.5) is 0 Å². The van der Waals surface area contributed by atoms with Crippen molar-refractivity contribution in [2.24, 2.45) is 0 Å². The fourth-order valence-corrected chi connectivity index (χ4v) is 6.22. The van der Waals surface area contributed by atoms with E-state index in [1.807, 2.05) is 47.0 Å². The van der Waals surface area contributed by atoms with Crippen molar-refractivity contribution in [3.05, 3.63) is 145 Å². The Labute approximate surface area is 237 Å². The molecule has 0 spiro atoms. The number of para-hydroxylation sites is 3. The molecule has 2 heteroatoms. The first-order valence-corrected chi connectivity index (χ1v) is 13.5. The molecular weight excluding hydrogens is 484 g/mol. The lowest BCUT2D eigenvalue weighted by Crippen LogP contribution is -2.00. The summed E-state index contributed by atoms with van der Waals surface area (Å²) in [7, 11) is 0. The van der Waals surface area contributed by atoms with Crippen LogP contribution in [0.3, 0.4) is 0 Å². The average molecular weight is 514 g/mol. The summed E-state index contributed by atoms with van der Waals surface area (Å²) in [6.45, 7) is -2.39. The SMILES string of the molecule is [2H]C([2H])([2H])c1nc2ccccc2n1-c1ccccc1-c1c2ccccc2c(-c2ccc3ccccc3c2)c2ccccc12. The number of aromatic nitrogens is 2. The van der Waals surface area contributed by atoms with E-state index < -0.39 is 6.85 Å². The molecule has 1 heterocycles. The summed E-state index contributed by atoms with van der Waals surface area (Å²) < 4.78 is 26.9. The number of hydrogen-bond acceptors (Lipinski definition) is 1. The Kier molecular flexibility index (Phi) is 4.42. The topological polar surface area (TPSA) is 17.8 Å². The van der Waals surface area contributed by atoms with Crippen LogP contribution in [0.25, 0.3) is 71.3 Å². The Bertz CT molecular complexity index is 2290. The largest absolute Gasteiger partial charge is 0.296 e. The molecule has 40 heavy (non-hydrogen) atoms. The first kappa shape index (κ1) is 19.8. The zero-order valence-electron chi connectivity index (χ0n) is 24.7. The van der Waals surface area contributed by atoms with E-state index >= 15 is 0 Å². The number of hydrogen-bond donors (Lipinski definition) is 0. The Balaban J connectivity index is 1.49. The van der Waals surface area contributed by atoms with Crippen LogP contribution in [-0.2, 0) is 0 Å².